The van der Waals surface area contributed by atoms with E-state index in [0.717, 1.165) is 44.3 Å². The van der Waals surface area contributed by atoms with Gasteiger partial charge in [0.15, 0.2) is 11.5 Å². The predicted molar refractivity (Wildman–Crippen MR) is 113 cm³/mol. The summed E-state index contributed by atoms with van der Waals surface area (Å²) in [5.41, 5.74) is 1.29. The average molecular weight is 393 g/mol. The number of benzene rings is 1. The molecule has 0 spiro atoms. The lowest BCUT2D eigenvalue weighted by Gasteiger charge is -2.10. The van der Waals surface area contributed by atoms with Crippen molar-refractivity contribution >= 4 is 23.0 Å². The van der Waals surface area contributed by atoms with Gasteiger partial charge >= 0.3 is 0 Å². The Labute approximate surface area is 171 Å². The van der Waals surface area contributed by atoms with Crippen molar-refractivity contribution in [2.75, 3.05) is 11.9 Å². The second-order valence-corrected chi connectivity index (χ2v) is 6.97. The van der Waals surface area contributed by atoms with E-state index < -0.39 is 23.3 Å². The van der Waals surface area contributed by atoms with Crippen LogP contribution in [0.2, 0.25) is 0 Å². The molecule has 0 unspecified atom stereocenters. The minimum Gasteiger partial charge on any atom is -0.456 e. The second-order valence-electron chi connectivity index (χ2n) is 6.97. The number of carbonyl (C=O) groups is 3. The molecule has 2 aromatic rings. The number of hydrogen-bond donors (Lipinski definition) is 1. The number of hydrogen-bond acceptors (Lipinski definition) is 5. The van der Waals surface area contributed by atoms with Crippen molar-refractivity contribution in [3.05, 3.63) is 54.0 Å². The fourth-order valence-corrected chi connectivity index (χ4v) is 3.00. The minimum atomic E-state index is -1.20. The van der Waals surface area contributed by atoms with Gasteiger partial charge in [-0.3, -0.25) is 14.4 Å². The number of carbonyl (C=O) groups excluding carboxylic acids is 3. The Morgan fingerprint density at radius 2 is 1.66 bits per heavy atom. The van der Waals surface area contributed by atoms with Crippen LogP contribution in [-0.4, -0.2) is 23.9 Å². The van der Waals surface area contributed by atoms with Gasteiger partial charge in [0.2, 0.25) is 0 Å². The molecule has 29 heavy (non-hydrogen) atoms. The van der Waals surface area contributed by atoms with Crippen LogP contribution in [0, 0.1) is 17.8 Å². The maximum absolute atomic E-state index is 12.3. The van der Waals surface area contributed by atoms with E-state index in [1.54, 1.807) is 30.5 Å². The van der Waals surface area contributed by atoms with Gasteiger partial charge in [-0.15, -0.1) is 0 Å². The van der Waals surface area contributed by atoms with Crippen LogP contribution in [-0.2, 0) is 9.59 Å². The van der Waals surface area contributed by atoms with Crippen molar-refractivity contribution in [3.8, 4) is 11.8 Å². The third-order valence-corrected chi connectivity index (χ3v) is 4.54. The maximum atomic E-state index is 12.3. The van der Waals surface area contributed by atoms with Gasteiger partial charge in [-0.1, -0.05) is 18.8 Å². The van der Waals surface area contributed by atoms with E-state index in [4.69, 9.17) is 4.42 Å². The SMILES string of the molecule is CC(=O)C(C(C)=O)C(=O)c1ccc(NCCCCCCC#Cc2ccco2)cc1. The number of unbranched alkanes of at least 4 members (excludes halogenated alkanes) is 4. The van der Waals surface area contributed by atoms with E-state index in [9.17, 15) is 14.4 Å². The lowest BCUT2D eigenvalue weighted by atomic mass is 9.91. The van der Waals surface area contributed by atoms with Gasteiger partial charge < -0.3 is 9.73 Å². The number of furan rings is 1. The average Bonchev–Trinajstić information content (AvgIpc) is 3.20. The molecule has 152 valence electrons. The molecule has 0 aliphatic heterocycles. The standard InChI is InChI=1S/C24H27NO4/c1-18(26)23(19(2)27)24(28)20-12-14-21(15-13-20)25-16-8-6-4-3-5-7-10-22-11-9-17-29-22/h9,11-15,17,23,25H,3-6,8,16H2,1-2H3. The summed E-state index contributed by atoms with van der Waals surface area (Å²) in [5, 5.41) is 3.32. The zero-order valence-electron chi connectivity index (χ0n) is 17.0. The molecule has 0 radical (unpaired) electrons. The Morgan fingerprint density at radius 3 is 2.28 bits per heavy atom. The molecule has 0 saturated heterocycles. The third-order valence-electron chi connectivity index (χ3n) is 4.54. The summed E-state index contributed by atoms with van der Waals surface area (Å²) in [6.07, 6.45) is 6.84. The number of anilines is 1. The van der Waals surface area contributed by atoms with Crippen molar-refractivity contribution in [2.24, 2.45) is 5.92 Å². The second kappa shape index (κ2) is 11.7. The Kier molecular flexibility index (Phi) is 8.91. The van der Waals surface area contributed by atoms with Crippen LogP contribution in [0.15, 0.2) is 47.1 Å². The van der Waals surface area contributed by atoms with E-state index in [0.29, 0.717) is 11.3 Å². The highest BCUT2D eigenvalue weighted by Gasteiger charge is 2.28. The number of ketones is 3. The molecule has 0 atom stereocenters. The molecule has 0 fully saturated rings. The minimum absolute atomic E-state index is 0.376. The highest BCUT2D eigenvalue weighted by atomic mass is 16.3. The number of nitrogens with one attached hydrogen (secondary N) is 1. The zero-order valence-corrected chi connectivity index (χ0v) is 17.0. The molecule has 1 N–H and O–H groups in total. The number of rotatable bonds is 11. The molecule has 0 saturated carbocycles. The van der Waals surface area contributed by atoms with Crippen molar-refractivity contribution < 1.29 is 18.8 Å². The van der Waals surface area contributed by atoms with Crippen LogP contribution in [0.3, 0.4) is 0 Å². The summed E-state index contributed by atoms with van der Waals surface area (Å²) in [7, 11) is 0. The van der Waals surface area contributed by atoms with E-state index in [2.05, 4.69) is 17.2 Å². The Morgan fingerprint density at radius 1 is 0.966 bits per heavy atom. The van der Waals surface area contributed by atoms with Gasteiger partial charge in [0.1, 0.15) is 17.5 Å². The Balaban J connectivity index is 1.65. The van der Waals surface area contributed by atoms with Gasteiger partial charge in [-0.2, -0.15) is 0 Å². The molecule has 1 heterocycles. The molecule has 0 aliphatic carbocycles. The molecule has 2 rings (SSSR count). The fourth-order valence-electron chi connectivity index (χ4n) is 3.00. The molecule has 0 bridgehead atoms. The maximum Gasteiger partial charge on any atom is 0.180 e. The predicted octanol–water partition coefficient (Wildman–Crippen LogP) is 4.67. The highest BCUT2D eigenvalue weighted by molar-refractivity contribution is 6.23. The monoisotopic (exact) mass is 393 g/mol. The molecule has 0 amide bonds. The normalized spacial score (nSPS) is 10.3. The van der Waals surface area contributed by atoms with Crippen LogP contribution in [0.1, 0.15) is 62.1 Å². The van der Waals surface area contributed by atoms with Gasteiger partial charge in [0, 0.05) is 24.2 Å². The molecule has 5 heteroatoms. The summed E-state index contributed by atoms with van der Waals surface area (Å²) in [6, 6.07) is 10.6. The summed E-state index contributed by atoms with van der Waals surface area (Å²) < 4.78 is 5.16. The van der Waals surface area contributed by atoms with Gasteiger partial charge in [-0.25, -0.2) is 0 Å². The van der Waals surface area contributed by atoms with Crippen LogP contribution < -0.4 is 5.32 Å². The van der Waals surface area contributed by atoms with Crippen LogP contribution in [0.25, 0.3) is 0 Å². The molecular weight excluding hydrogens is 366 g/mol. The lowest BCUT2D eigenvalue weighted by Crippen LogP contribution is -2.28. The van der Waals surface area contributed by atoms with Gasteiger partial charge in [-0.05, 0) is 69.0 Å². The van der Waals surface area contributed by atoms with Crippen LogP contribution in [0.4, 0.5) is 5.69 Å². The van der Waals surface area contributed by atoms with Crippen LogP contribution >= 0.6 is 0 Å². The summed E-state index contributed by atoms with van der Waals surface area (Å²) >= 11 is 0. The molecule has 5 nitrogen and oxygen atoms in total. The smallest absolute Gasteiger partial charge is 0.180 e. The molecule has 1 aromatic heterocycles. The van der Waals surface area contributed by atoms with E-state index in [1.165, 1.54) is 13.8 Å². The first-order chi connectivity index (χ1) is 14.0. The third kappa shape index (κ3) is 7.42. The fraction of sp³-hybridized carbons (Fsp3) is 0.375. The van der Waals surface area contributed by atoms with Gasteiger partial charge in [0.05, 0.1) is 6.26 Å². The summed E-state index contributed by atoms with van der Waals surface area (Å²) in [5.74, 6) is 4.33. The van der Waals surface area contributed by atoms with Crippen molar-refractivity contribution in [1.29, 1.82) is 0 Å². The first-order valence-corrected chi connectivity index (χ1v) is 9.90. The highest BCUT2D eigenvalue weighted by Crippen LogP contribution is 2.15. The van der Waals surface area contributed by atoms with Crippen LogP contribution in [0.5, 0.6) is 0 Å². The first kappa shape index (κ1) is 22.2. The molecule has 0 aliphatic rings. The van der Waals surface area contributed by atoms with Crippen molar-refractivity contribution in [1.82, 2.24) is 0 Å². The van der Waals surface area contributed by atoms with Crippen molar-refractivity contribution in [3.63, 3.8) is 0 Å². The van der Waals surface area contributed by atoms with E-state index in [1.807, 2.05) is 12.1 Å². The quantitative estimate of drug-likeness (QED) is 0.260. The lowest BCUT2D eigenvalue weighted by molar-refractivity contribution is -0.128. The topological polar surface area (TPSA) is 76.4 Å². The Bertz CT molecular complexity index is 856. The molecule has 1 aromatic carbocycles. The zero-order chi connectivity index (χ0) is 21.1. The number of Topliss-reactive ketones (excluding diaryl/α,β-unsaturated/α-hetero) is 3. The summed E-state index contributed by atoms with van der Waals surface area (Å²) in [4.78, 5) is 35.4. The van der Waals surface area contributed by atoms with E-state index >= 15 is 0 Å². The first-order valence-electron chi connectivity index (χ1n) is 9.90. The van der Waals surface area contributed by atoms with Gasteiger partial charge in [0.25, 0.3) is 0 Å². The largest absolute Gasteiger partial charge is 0.456 e. The Hall–Kier alpha value is -3.13. The van der Waals surface area contributed by atoms with E-state index in [-0.39, 0.29) is 0 Å². The summed E-state index contributed by atoms with van der Waals surface area (Å²) in [6.45, 7) is 3.38. The molecular formula is C24H27NO4. The van der Waals surface area contributed by atoms with Crippen molar-refractivity contribution in [2.45, 2.75) is 46.0 Å².